The predicted molar refractivity (Wildman–Crippen MR) is 93.2 cm³/mol. The molecule has 0 amide bonds. The third-order valence-corrected chi connectivity index (χ3v) is 4.04. The molecule has 118 valence electrons. The summed E-state index contributed by atoms with van der Waals surface area (Å²) in [6.45, 7) is 6.45. The van der Waals surface area contributed by atoms with Gasteiger partial charge < -0.3 is 9.47 Å². The maximum atomic E-state index is 12.0. The summed E-state index contributed by atoms with van der Waals surface area (Å²) in [4.78, 5) is 12.0. The molecule has 0 aliphatic heterocycles. The predicted octanol–water partition coefficient (Wildman–Crippen LogP) is 5.54. The van der Waals surface area contributed by atoms with Crippen LogP contribution >= 0.6 is 0 Å². The van der Waals surface area contributed by atoms with Gasteiger partial charge in [-0.3, -0.25) is 0 Å². The number of rotatable bonds is 3. The van der Waals surface area contributed by atoms with Crippen molar-refractivity contribution in [2.24, 2.45) is 0 Å². The molecule has 3 aromatic carbocycles. The maximum Gasteiger partial charge on any atom is 0.513 e. The van der Waals surface area contributed by atoms with Crippen LogP contribution in [0.3, 0.4) is 0 Å². The largest absolute Gasteiger partial charge is 0.513 e. The van der Waals surface area contributed by atoms with Gasteiger partial charge in [0.15, 0.2) is 0 Å². The number of benzene rings is 3. The van der Waals surface area contributed by atoms with E-state index in [1.165, 1.54) is 11.1 Å². The highest BCUT2D eigenvalue weighted by molar-refractivity contribution is 6.06. The molecule has 0 heterocycles. The first kappa shape index (κ1) is 15.3. The van der Waals surface area contributed by atoms with Gasteiger partial charge in [0.25, 0.3) is 0 Å². The molecule has 23 heavy (non-hydrogen) atoms. The lowest BCUT2D eigenvalue weighted by atomic mass is 9.98. The Balaban J connectivity index is 2.21. The quantitative estimate of drug-likeness (QED) is 0.362. The topological polar surface area (TPSA) is 35.5 Å². The Morgan fingerprint density at radius 3 is 2.48 bits per heavy atom. The summed E-state index contributed by atoms with van der Waals surface area (Å²) >= 11 is 0. The van der Waals surface area contributed by atoms with E-state index in [0.717, 1.165) is 28.0 Å². The number of aryl methyl sites for hydroxylation is 2. The Morgan fingerprint density at radius 2 is 1.70 bits per heavy atom. The van der Waals surface area contributed by atoms with Crippen molar-refractivity contribution < 1.29 is 14.3 Å². The lowest BCUT2D eigenvalue weighted by Crippen LogP contribution is -2.11. The third kappa shape index (κ3) is 3.00. The van der Waals surface area contributed by atoms with E-state index in [4.69, 9.17) is 9.47 Å². The molecule has 0 N–H and O–H groups in total. The Kier molecular flexibility index (Phi) is 4.20. The first-order valence-corrected chi connectivity index (χ1v) is 7.87. The zero-order valence-electron chi connectivity index (χ0n) is 13.7. The Morgan fingerprint density at radius 1 is 0.957 bits per heavy atom. The van der Waals surface area contributed by atoms with E-state index in [9.17, 15) is 4.79 Å². The summed E-state index contributed by atoms with van der Waals surface area (Å²) in [7, 11) is 0. The second-order valence-electron chi connectivity index (χ2n) is 5.78. The van der Waals surface area contributed by atoms with E-state index in [-0.39, 0.29) is 0 Å². The van der Waals surface area contributed by atoms with Crippen LogP contribution in [0.4, 0.5) is 4.79 Å². The zero-order valence-corrected chi connectivity index (χ0v) is 13.7. The molecular weight excluding hydrogens is 288 g/mol. The minimum atomic E-state index is -0.650. The van der Waals surface area contributed by atoms with E-state index in [1.54, 1.807) is 0 Å². The van der Waals surface area contributed by atoms with Crippen molar-refractivity contribution in [3.63, 3.8) is 0 Å². The number of hydrogen-bond donors (Lipinski definition) is 0. The van der Waals surface area contributed by atoms with Crippen LogP contribution < -0.4 is 4.74 Å². The highest BCUT2D eigenvalue weighted by Crippen LogP contribution is 2.36. The highest BCUT2D eigenvalue weighted by Gasteiger charge is 2.14. The summed E-state index contributed by atoms with van der Waals surface area (Å²) in [5.41, 5.74) is 2.38. The fourth-order valence-corrected chi connectivity index (χ4v) is 2.70. The van der Waals surface area contributed by atoms with Gasteiger partial charge in [0.05, 0.1) is 6.61 Å². The van der Waals surface area contributed by atoms with Gasteiger partial charge in [0.1, 0.15) is 5.75 Å². The summed E-state index contributed by atoms with van der Waals surface area (Å²) in [6.07, 6.45) is 0.117. The summed E-state index contributed by atoms with van der Waals surface area (Å²) in [6, 6.07) is 14.2. The van der Waals surface area contributed by atoms with Crippen molar-refractivity contribution in [1.82, 2.24) is 0 Å². The van der Waals surface area contributed by atoms with Crippen LogP contribution in [0.15, 0.2) is 42.5 Å². The number of hydrogen-bond acceptors (Lipinski definition) is 3. The molecule has 0 fully saturated rings. The number of fused-ring (bicyclic) bond motifs is 2. The van der Waals surface area contributed by atoms with Gasteiger partial charge in [-0.1, -0.05) is 37.3 Å². The van der Waals surface area contributed by atoms with E-state index in [2.05, 4.69) is 32.0 Å². The Labute approximate surface area is 135 Å². The Bertz CT molecular complexity index is 881. The first-order chi connectivity index (χ1) is 11.1. The SMILES string of the molecule is CCCOC(=O)Oc1c2ccccc2cc2cc(C)c(C)cc12. The standard InChI is InChI=1S/C20H20O3/c1-4-9-22-20(21)23-19-17-8-6-5-7-15(17)12-16-10-13(2)14(3)11-18(16)19/h5-8,10-12H,4,9H2,1-3H3. The van der Waals surface area contributed by atoms with Crippen molar-refractivity contribution in [3.8, 4) is 5.75 Å². The average Bonchev–Trinajstić information content (AvgIpc) is 2.54. The fourth-order valence-electron chi connectivity index (χ4n) is 2.70. The molecule has 0 atom stereocenters. The lowest BCUT2D eigenvalue weighted by Gasteiger charge is -2.13. The molecule has 3 aromatic rings. The fraction of sp³-hybridized carbons (Fsp3) is 0.250. The average molecular weight is 308 g/mol. The van der Waals surface area contributed by atoms with E-state index in [0.29, 0.717) is 12.4 Å². The van der Waals surface area contributed by atoms with Gasteiger partial charge in [-0.05, 0) is 54.3 Å². The third-order valence-electron chi connectivity index (χ3n) is 4.04. The molecule has 0 bridgehead atoms. The molecule has 0 aliphatic rings. The molecular formula is C20H20O3. The smallest absolute Gasteiger partial charge is 0.434 e. The molecule has 0 saturated carbocycles. The molecule has 0 aromatic heterocycles. The number of carbonyl (C=O) groups excluding carboxylic acids is 1. The molecule has 3 rings (SSSR count). The molecule has 0 radical (unpaired) electrons. The monoisotopic (exact) mass is 308 g/mol. The van der Waals surface area contributed by atoms with Crippen LogP contribution in [0, 0.1) is 13.8 Å². The first-order valence-electron chi connectivity index (χ1n) is 7.87. The molecule has 0 spiro atoms. The van der Waals surface area contributed by atoms with Crippen LogP contribution in [0.1, 0.15) is 24.5 Å². The Hall–Kier alpha value is -2.55. The minimum Gasteiger partial charge on any atom is -0.434 e. The minimum absolute atomic E-state index is 0.361. The molecule has 0 unspecified atom stereocenters. The summed E-state index contributed by atoms with van der Waals surface area (Å²) < 4.78 is 10.7. The van der Waals surface area contributed by atoms with Crippen molar-refractivity contribution in [2.45, 2.75) is 27.2 Å². The zero-order chi connectivity index (χ0) is 16.4. The van der Waals surface area contributed by atoms with Gasteiger partial charge in [0, 0.05) is 10.8 Å². The van der Waals surface area contributed by atoms with Crippen molar-refractivity contribution in [2.75, 3.05) is 6.61 Å². The van der Waals surface area contributed by atoms with E-state index in [1.807, 2.05) is 31.2 Å². The van der Waals surface area contributed by atoms with Gasteiger partial charge >= 0.3 is 6.16 Å². The molecule has 3 heteroatoms. The molecule has 0 aliphatic carbocycles. The van der Waals surface area contributed by atoms with Gasteiger partial charge in [-0.15, -0.1) is 0 Å². The van der Waals surface area contributed by atoms with Crippen molar-refractivity contribution in [3.05, 3.63) is 53.6 Å². The van der Waals surface area contributed by atoms with E-state index < -0.39 is 6.16 Å². The van der Waals surface area contributed by atoms with Crippen molar-refractivity contribution >= 4 is 27.7 Å². The maximum absolute atomic E-state index is 12.0. The van der Waals surface area contributed by atoms with Crippen LogP contribution in [-0.4, -0.2) is 12.8 Å². The lowest BCUT2D eigenvalue weighted by molar-refractivity contribution is 0.100. The van der Waals surface area contributed by atoms with Crippen LogP contribution in [0.5, 0.6) is 5.75 Å². The molecule has 3 nitrogen and oxygen atoms in total. The summed E-state index contributed by atoms with van der Waals surface area (Å²) in [5.74, 6) is 0.572. The second kappa shape index (κ2) is 6.29. The summed E-state index contributed by atoms with van der Waals surface area (Å²) in [5, 5.41) is 3.95. The van der Waals surface area contributed by atoms with Gasteiger partial charge in [-0.25, -0.2) is 4.79 Å². The van der Waals surface area contributed by atoms with Crippen molar-refractivity contribution in [1.29, 1.82) is 0 Å². The van der Waals surface area contributed by atoms with Crippen LogP contribution in [-0.2, 0) is 4.74 Å². The van der Waals surface area contributed by atoms with Crippen LogP contribution in [0.2, 0.25) is 0 Å². The highest BCUT2D eigenvalue weighted by atomic mass is 16.7. The normalized spacial score (nSPS) is 10.9. The van der Waals surface area contributed by atoms with Crippen LogP contribution in [0.25, 0.3) is 21.5 Å². The second-order valence-corrected chi connectivity index (χ2v) is 5.78. The molecule has 0 saturated heterocycles. The van der Waals surface area contributed by atoms with Gasteiger partial charge in [-0.2, -0.15) is 0 Å². The number of ether oxygens (including phenoxy) is 2. The van der Waals surface area contributed by atoms with Gasteiger partial charge in [0.2, 0.25) is 0 Å². The number of carbonyl (C=O) groups is 1. The van der Waals surface area contributed by atoms with E-state index >= 15 is 0 Å².